The number of carbonyl (C=O) groups excluding carboxylic acids is 2. The highest BCUT2D eigenvalue weighted by atomic mass is 16.1. The van der Waals surface area contributed by atoms with Gasteiger partial charge in [0, 0.05) is 42.0 Å². The molecular formula is C21H29NO2. The number of carbonyl (C=O) groups is 2. The number of Topliss-reactive ketones (excluding diaryl/α,β-unsaturated/α-hetero) is 1. The van der Waals surface area contributed by atoms with E-state index in [1.807, 2.05) is 25.1 Å². The second-order valence-corrected chi connectivity index (χ2v) is 6.84. The molecule has 3 nitrogen and oxygen atoms in total. The Morgan fingerprint density at radius 2 is 1.96 bits per heavy atom. The number of nitrogens with zero attached hydrogens (tertiary/aromatic N) is 1. The lowest BCUT2D eigenvalue weighted by molar-refractivity contribution is -0.108. The predicted molar refractivity (Wildman–Crippen MR) is 99.6 cm³/mol. The van der Waals surface area contributed by atoms with Gasteiger partial charge in [-0.25, -0.2) is 0 Å². The number of aryl methyl sites for hydroxylation is 1. The molecule has 1 heterocycles. The van der Waals surface area contributed by atoms with Crippen molar-refractivity contribution in [3.05, 3.63) is 35.5 Å². The van der Waals surface area contributed by atoms with E-state index in [2.05, 4.69) is 24.6 Å². The van der Waals surface area contributed by atoms with Crippen molar-refractivity contribution in [2.45, 2.75) is 58.8 Å². The van der Waals surface area contributed by atoms with E-state index in [-0.39, 0.29) is 11.7 Å². The van der Waals surface area contributed by atoms with Crippen LogP contribution in [0.25, 0.3) is 10.9 Å². The first-order valence-corrected chi connectivity index (χ1v) is 9.13. The number of para-hydroxylation sites is 1. The molecule has 0 N–H and O–H groups in total. The molecule has 0 radical (unpaired) electrons. The molecule has 1 unspecified atom stereocenters. The zero-order valence-corrected chi connectivity index (χ0v) is 15.2. The lowest BCUT2D eigenvalue weighted by Crippen LogP contribution is -2.10. The molecule has 1 atom stereocenters. The normalized spacial score (nSPS) is 12.5. The van der Waals surface area contributed by atoms with Gasteiger partial charge in [-0.05, 0) is 24.8 Å². The summed E-state index contributed by atoms with van der Waals surface area (Å²) in [6.07, 6.45) is 7.50. The number of aromatic nitrogens is 1. The molecule has 0 bridgehead atoms. The summed E-state index contributed by atoms with van der Waals surface area (Å²) in [7, 11) is 2.06. The number of ketones is 1. The van der Waals surface area contributed by atoms with Crippen molar-refractivity contribution in [2.75, 3.05) is 0 Å². The summed E-state index contributed by atoms with van der Waals surface area (Å²) in [5.74, 6) is 0.272. The van der Waals surface area contributed by atoms with Crippen LogP contribution in [0.5, 0.6) is 0 Å². The molecule has 0 aliphatic rings. The summed E-state index contributed by atoms with van der Waals surface area (Å²) in [4.78, 5) is 23.6. The van der Waals surface area contributed by atoms with Crippen LogP contribution in [0.1, 0.15) is 68.4 Å². The van der Waals surface area contributed by atoms with E-state index in [4.69, 9.17) is 0 Å². The lowest BCUT2D eigenvalue weighted by atomic mass is 9.94. The molecule has 0 saturated carbocycles. The van der Waals surface area contributed by atoms with E-state index in [1.54, 1.807) is 0 Å². The summed E-state index contributed by atoms with van der Waals surface area (Å²) < 4.78 is 2.18. The van der Waals surface area contributed by atoms with E-state index < -0.39 is 0 Å². The van der Waals surface area contributed by atoms with Crippen LogP contribution in [0.15, 0.2) is 24.3 Å². The van der Waals surface area contributed by atoms with Gasteiger partial charge in [0.25, 0.3) is 0 Å². The Morgan fingerprint density at radius 3 is 2.67 bits per heavy atom. The number of hydrogen-bond acceptors (Lipinski definition) is 2. The Morgan fingerprint density at radius 1 is 1.21 bits per heavy atom. The molecule has 2 aromatic rings. The van der Waals surface area contributed by atoms with Crippen molar-refractivity contribution in [3.8, 4) is 0 Å². The molecule has 3 heteroatoms. The van der Waals surface area contributed by atoms with Gasteiger partial charge in [-0.15, -0.1) is 0 Å². The van der Waals surface area contributed by atoms with Crippen molar-refractivity contribution in [3.63, 3.8) is 0 Å². The van der Waals surface area contributed by atoms with Crippen molar-refractivity contribution < 1.29 is 9.59 Å². The fourth-order valence-electron chi connectivity index (χ4n) is 3.44. The molecule has 0 aliphatic carbocycles. The molecule has 0 amide bonds. The fraction of sp³-hybridized carbons (Fsp3) is 0.524. The first-order valence-electron chi connectivity index (χ1n) is 9.13. The van der Waals surface area contributed by atoms with Gasteiger partial charge < -0.3 is 9.36 Å². The lowest BCUT2D eigenvalue weighted by Gasteiger charge is -2.10. The number of aldehydes is 1. The minimum atomic E-state index is 0.0990. The number of fused-ring (bicyclic) bond motifs is 1. The maximum atomic E-state index is 12.9. The SMILES string of the molecule is CCCCCCc1c(C(=O)CC(C)CC=O)c2ccccc2n1C. The van der Waals surface area contributed by atoms with Crippen molar-refractivity contribution in [1.82, 2.24) is 4.57 Å². The van der Waals surface area contributed by atoms with E-state index in [0.717, 1.165) is 41.3 Å². The second-order valence-electron chi connectivity index (χ2n) is 6.84. The highest BCUT2D eigenvalue weighted by Crippen LogP contribution is 2.29. The fourth-order valence-corrected chi connectivity index (χ4v) is 3.44. The smallest absolute Gasteiger partial charge is 0.165 e. The Kier molecular flexibility index (Phi) is 6.77. The van der Waals surface area contributed by atoms with Gasteiger partial charge in [-0.3, -0.25) is 4.79 Å². The third-order valence-electron chi connectivity index (χ3n) is 4.81. The average Bonchev–Trinajstić information content (AvgIpc) is 2.85. The third kappa shape index (κ3) is 4.14. The van der Waals surface area contributed by atoms with Gasteiger partial charge in [0.05, 0.1) is 0 Å². The first-order chi connectivity index (χ1) is 11.6. The minimum Gasteiger partial charge on any atom is -0.347 e. The van der Waals surface area contributed by atoms with Crippen LogP contribution in [0, 0.1) is 5.92 Å². The van der Waals surface area contributed by atoms with Crippen LogP contribution in [0.2, 0.25) is 0 Å². The van der Waals surface area contributed by atoms with Gasteiger partial charge in [-0.2, -0.15) is 0 Å². The Labute approximate surface area is 145 Å². The van der Waals surface area contributed by atoms with Crippen LogP contribution in [-0.4, -0.2) is 16.6 Å². The van der Waals surface area contributed by atoms with Crippen molar-refractivity contribution in [2.24, 2.45) is 13.0 Å². The molecule has 0 spiro atoms. The van der Waals surface area contributed by atoms with Crippen LogP contribution in [0.4, 0.5) is 0 Å². The standard InChI is InChI=1S/C21H29NO2/c1-4-5-6-7-12-19-21(20(24)15-16(2)13-14-23)17-10-8-9-11-18(17)22(19)3/h8-11,14,16H,4-7,12-13,15H2,1-3H3. The van der Waals surface area contributed by atoms with Gasteiger partial charge in [-0.1, -0.05) is 51.3 Å². The van der Waals surface area contributed by atoms with Crippen LogP contribution < -0.4 is 0 Å². The van der Waals surface area contributed by atoms with Gasteiger partial charge in [0.15, 0.2) is 5.78 Å². The third-order valence-corrected chi connectivity index (χ3v) is 4.81. The van der Waals surface area contributed by atoms with Crippen molar-refractivity contribution in [1.29, 1.82) is 0 Å². The minimum absolute atomic E-state index is 0.0990. The highest BCUT2D eigenvalue weighted by Gasteiger charge is 2.21. The van der Waals surface area contributed by atoms with Crippen molar-refractivity contribution >= 4 is 23.0 Å². The molecule has 0 fully saturated rings. The van der Waals surface area contributed by atoms with E-state index in [1.165, 1.54) is 19.3 Å². The van der Waals surface area contributed by atoms with Crippen LogP contribution in [0.3, 0.4) is 0 Å². The average molecular weight is 327 g/mol. The summed E-state index contributed by atoms with van der Waals surface area (Å²) in [5.41, 5.74) is 3.15. The number of hydrogen-bond donors (Lipinski definition) is 0. The summed E-state index contributed by atoms with van der Waals surface area (Å²) in [6, 6.07) is 8.14. The predicted octanol–water partition coefficient (Wildman–Crippen LogP) is 5.10. The van der Waals surface area contributed by atoms with E-state index in [9.17, 15) is 9.59 Å². The molecule has 24 heavy (non-hydrogen) atoms. The van der Waals surface area contributed by atoms with E-state index >= 15 is 0 Å². The maximum Gasteiger partial charge on any atom is 0.165 e. The quantitative estimate of drug-likeness (QED) is 0.346. The summed E-state index contributed by atoms with van der Waals surface area (Å²) >= 11 is 0. The Bertz CT molecular complexity index is 699. The molecular weight excluding hydrogens is 298 g/mol. The zero-order valence-electron chi connectivity index (χ0n) is 15.2. The van der Waals surface area contributed by atoms with Gasteiger partial charge in [0.1, 0.15) is 6.29 Å². The molecule has 2 rings (SSSR count). The number of benzene rings is 1. The second kappa shape index (κ2) is 8.81. The molecule has 1 aromatic carbocycles. The largest absolute Gasteiger partial charge is 0.347 e. The van der Waals surface area contributed by atoms with Crippen LogP contribution in [-0.2, 0) is 18.3 Å². The molecule has 0 aliphatic heterocycles. The Balaban J connectivity index is 2.34. The summed E-state index contributed by atoms with van der Waals surface area (Å²) in [6.45, 7) is 4.18. The van der Waals surface area contributed by atoms with Gasteiger partial charge in [0.2, 0.25) is 0 Å². The first kappa shape index (κ1) is 18.4. The highest BCUT2D eigenvalue weighted by molar-refractivity contribution is 6.09. The van der Waals surface area contributed by atoms with Gasteiger partial charge >= 0.3 is 0 Å². The summed E-state index contributed by atoms with van der Waals surface area (Å²) in [5, 5.41) is 1.05. The van der Waals surface area contributed by atoms with E-state index in [0.29, 0.717) is 12.8 Å². The maximum absolute atomic E-state index is 12.9. The molecule has 130 valence electrons. The number of rotatable bonds is 10. The van der Waals surface area contributed by atoms with Crippen LogP contribution >= 0.6 is 0 Å². The molecule has 0 saturated heterocycles. The molecule has 1 aromatic heterocycles. The number of unbranched alkanes of at least 4 members (excludes halogenated alkanes) is 3. The zero-order chi connectivity index (χ0) is 17.5. The Hall–Kier alpha value is -1.90. The topological polar surface area (TPSA) is 39.1 Å². The monoisotopic (exact) mass is 327 g/mol.